The van der Waals surface area contributed by atoms with Crippen LogP contribution in [0.5, 0.6) is 0 Å². The second kappa shape index (κ2) is 14.4. The van der Waals surface area contributed by atoms with Crippen LogP contribution in [0.25, 0.3) is 132 Å². The van der Waals surface area contributed by atoms with Crippen molar-refractivity contribution in [3.63, 3.8) is 0 Å². The minimum absolute atomic E-state index is 1.16. The fraction of sp³-hybridized carbons (Fsp3) is 0.0625. The summed E-state index contributed by atoms with van der Waals surface area (Å²) in [6, 6.07) is 77.1. The molecule has 4 heterocycles. The zero-order valence-corrected chi connectivity index (χ0v) is 38.4. The Balaban J connectivity index is 0.996. The second-order valence-electron chi connectivity index (χ2n) is 18.8. The molecule has 68 heavy (non-hydrogen) atoms. The van der Waals surface area contributed by atoms with Crippen molar-refractivity contribution >= 4 is 87.2 Å². The summed E-state index contributed by atoms with van der Waals surface area (Å²) in [7, 11) is 4.34. The SMILES string of the molecule is Cc1ccccc1-c1ccc2c(c1)c1cc(-c3ccc4c(c3)c3cc(-c5ccccc5C)ccc3n4-c3ccc4c(c3)c3ccccc3n4C)ccc1n2-c1ccc2c(c1)c1ccccc1n2C. The molecule has 0 saturated carbocycles. The molecule has 0 aliphatic rings. The third kappa shape index (κ3) is 5.55. The first-order chi connectivity index (χ1) is 33.4. The molecule has 0 fully saturated rings. The Labute approximate surface area is 393 Å². The zero-order valence-electron chi connectivity index (χ0n) is 38.4. The third-order valence-corrected chi connectivity index (χ3v) is 15.1. The van der Waals surface area contributed by atoms with Gasteiger partial charge in [0.05, 0.1) is 22.1 Å². The van der Waals surface area contributed by atoms with E-state index in [4.69, 9.17) is 0 Å². The summed E-state index contributed by atoms with van der Waals surface area (Å²) in [5.74, 6) is 0. The largest absolute Gasteiger partial charge is 0.344 e. The summed E-state index contributed by atoms with van der Waals surface area (Å²) in [5.41, 5.74) is 21.9. The lowest BCUT2D eigenvalue weighted by Crippen LogP contribution is -1.95. The Hall–Kier alpha value is -8.60. The van der Waals surface area contributed by atoms with Crippen LogP contribution in [0, 0.1) is 13.8 Å². The first kappa shape index (κ1) is 38.6. The van der Waals surface area contributed by atoms with Gasteiger partial charge >= 0.3 is 0 Å². The molecule has 0 amide bonds. The Kier molecular flexibility index (Phi) is 8.21. The van der Waals surface area contributed by atoms with Gasteiger partial charge in [0.25, 0.3) is 0 Å². The molecule has 0 N–H and O–H groups in total. The van der Waals surface area contributed by atoms with Crippen molar-refractivity contribution in [2.24, 2.45) is 14.1 Å². The summed E-state index contributed by atoms with van der Waals surface area (Å²) in [4.78, 5) is 0. The van der Waals surface area contributed by atoms with Crippen LogP contribution in [0.1, 0.15) is 11.1 Å². The number of rotatable bonds is 5. The third-order valence-electron chi connectivity index (χ3n) is 15.1. The Morgan fingerprint density at radius 2 is 0.559 bits per heavy atom. The lowest BCUT2D eigenvalue weighted by molar-refractivity contribution is 1.01. The molecule has 0 unspecified atom stereocenters. The normalized spacial score (nSPS) is 12.1. The monoisotopic (exact) mass is 870 g/mol. The maximum atomic E-state index is 2.47. The minimum Gasteiger partial charge on any atom is -0.344 e. The highest BCUT2D eigenvalue weighted by atomic mass is 15.0. The standard InChI is InChI=1S/C64H46N4/c1-39-13-5-7-15-47(39)43-23-29-63-53(35-43)51-33-41(21-27-61(51)67(63)45-25-31-59-55(37-45)49-17-9-11-19-57(49)65(59)3)42-22-28-62-52(34-42)54-36-44(48-16-8-6-14-40(48)2)24-30-64(54)68(62)46-26-32-60-56(38-46)50-18-10-12-20-58(50)66(60)4/h5-38H,1-4H3. The first-order valence-electron chi connectivity index (χ1n) is 23.6. The van der Waals surface area contributed by atoms with Crippen molar-refractivity contribution in [1.82, 2.24) is 18.3 Å². The number of para-hydroxylation sites is 2. The van der Waals surface area contributed by atoms with Crippen LogP contribution in [0.15, 0.2) is 206 Å². The number of fused-ring (bicyclic) bond motifs is 12. The van der Waals surface area contributed by atoms with Crippen molar-refractivity contribution < 1.29 is 0 Å². The van der Waals surface area contributed by atoms with E-state index in [1.165, 1.54) is 132 Å². The van der Waals surface area contributed by atoms with Crippen molar-refractivity contribution in [2.75, 3.05) is 0 Å². The van der Waals surface area contributed by atoms with Gasteiger partial charge in [0.2, 0.25) is 0 Å². The van der Waals surface area contributed by atoms with Gasteiger partial charge in [-0.25, -0.2) is 0 Å². The van der Waals surface area contributed by atoms with E-state index in [0.717, 1.165) is 11.4 Å². The molecular weight excluding hydrogens is 825 g/mol. The lowest BCUT2D eigenvalue weighted by Gasteiger charge is -2.11. The number of hydrogen-bond donors (Lipinski definition) is 0. The Bertz CT molecular complexity index is 4150. The smallest absolute Gasteiger partial charge is 0.0541 e. The second-order valence-corrected chi connectivity index (χ2v) is 18.8. The highest BCUT2D eigenvalue weighted by molar-refractivity contribution is 6.16. The van der Waals surface area contributed by atoms with E-state index < -0.39 is 0 Å². The topological polar surface area (TPSA) is 19.7 Å². The van der Waals surface area contributed by atoms with Gasteiger partial charge in [0.15, 0.2) is 0 Å². The molecule has 10 aromatic carbocycles. The van der Waals surface area contributed by atoms with Gasteiger partial charge in [-0.05, 0) is 155 Å². The molecule has 0 aliphatic carbocycles. The summed E-state index contributed by atoms with van der Waals surface area (Å²) in [5, 5.41) is 10.0. The molecule has 4 aromatic heterocycles. The van der Waals surface area contributed by atoms with Gasteiger partial charge in [-0.3, -0.25) is 0 Å². The van der Waals surface area contributed by atoms with Crippen molar-refractivity contribution in [3.8, 4) is 44.8 Å². The van der Waals surface area contributed by atoms with Gasteiger partial charge in [-0.1, -0.05) is 109 Å². The van der Waals surface area contributed by atoms with E-state index in [-0.39, 0.29) is 0 Å². The molecule has 14 aromatic rings. The van der Waals surface area contributed by atoms with Gasteiger partial charge in [0, 0.05) is 90.6 Å². The van der Waals surface area contributed by atoms with E-state index in [1.54, 1.807) is 0 Å². The number of nitrogens with zero attached hydrogens (tertiary/aromatic N) is 4. The average molecular weight is 871 g/mol. The van der Waals surface area contributed by atoms with Crippen LogP contribution in [0.4, 0.5) is 0 Å². The number of aromatic nitrogens is 4. The molecule has 0 bridgehead atoms. The molecule has 0 spiro atoms. The molecule has 0 aliphatic heterocycles. The highest BCUT2D eigenvalue weighted by Crippen LogP contribution is 2.42. The van der Waals surface area contributed by atoms with E-state index in [1.807, 2.05) is 0 Å². The van der Waals surface area contributed by atoms with E-state index in [2.05, 4.69) is 252 Å². The van der Waals surface area contributed by atoms with Crippen LogP contribution in [-0.4, -0.2) is 18.3 Å². The number of benzene rings is 10. The summed E-state index contributed by atoms with van der Waals surface area (Å²) < 4.78 is 9.55. The predicted molar refractivity (Wildman–Crippen MR) is 289 cm³/mol. The van der Waals surface area contributed by atoms with Crippen LogP contribution >= 0.6 is 0 Å². The molecule has 0 radical (unpaired) electrons. The fourth-order valence-corrected chi connectivity index (χ4v) is 11.7. The van der Waals surface area contributed by atoms with Gasteiger partial charge in [-0.15, -0.1) is 0 Å². The van der Waals surface area contributed by atoms with E-state index in [0.29, 0.717) is 0 Å². The Morgan fingerprint density at radius 1 is 0.250 bits per heavy atom. The summed E-state index contributed by atoms with van der Waals surface area (Å²) >= 11 is 0. The van der Waals surface area contributed by atoms with Gasteiger partial charge in [-0.2, -0.15) is 0 Å². The van der Waals surface area contributed by atoms with Crippen LogP contribution in [0.2, 0.25) is 0 Å². The molecular formula is C64H46N4. The molecule has 14 rings (SSSR count). The average Bonchev–Trinajstić information content (AvgIpc) is 4.07. The Morgan fingerprint density at radius 3 is 0.971 bits per heavy atom. The molecule has 322 valence electrons. The highest BCUT2D eigenvalue weighted by Gasteiger charge is 2.20. The number of aryl methyl sites for hydroxylation is 4. The first-order valence-corrected chi connectivity index (χ1v) is 23.6. The van der Waals surface area contributed by atoms with E-state index in [9.17, 15) is 0 Å². The summed E-state index contributed by atoms with van der Waals surface area (Å²) in [6.45, 7) is 4.42. The summed E-state index contributed by atoms with van der Waals surface area (Å²) in [6.07, 6.45) is 0. The molecule has 4 heteroatoms. The quantitative estimate of drug-likeness (QED) is 0.164. The van der Waals surface area contributed by atoms with E-state index >= 15 is 0 Å². The maximum Gasteiger partial charge on any atom is 0.0541 e. The number of hydrogen-bond acceptors (Lipinski definition) is 0. The van der Waals surface area contributed by atoms with Crippen LogP contribution in [0.3, 0.4) is 0 Å². The van der Waals surface area contributed by atoms with Crippen molar-refractivity contribution in [3.05, 3.63) is 217 Å². The predicted octanol–water partition coefficient (Wildman–Crippen LogP) is 16.8. The maximum absolute atomic E-state index is 2.47. The lowest BCUT2D eigenvalue weighted by atomic mass is 9.97. The van der Waals surface area contributed by atoms with Crippen LogP contribution in [-0.2, 0) is 14.1 Å². The molecule has 4 nitrogen and oxygen atoms in total. The van der Waals surface area contributed by atoms with Crippen molar-refractivity contribution in [1.29, 1.82) is 0 Å². The minimum atomic E-state index is 1.16. The van der Waals surface area contributed by atoms with Gasteiger partial charge < -0.3 is 18.3 Å². The van der Waals surface area contributed by atoms with Crippen LogP contribution < -0.4 is 0 Å². The fourth-order valence-electron chi connectivity index (χ4n) is 11.7. The molecule has 0 atom stereocenters. The van der Waals surface area contributed by atoms with Crippen molar-refractivity contribution in [2.45, 2.75) is 13.8 Å². The van der Waals surface area contributed by atoms with Gasteiger partial charge in [0.1, 0.15) is 0 Å². The zero-order chi connectivity index (χ0) is 45.4. The molecule has 0 saturated heterocycles.